The van der Waals surface area contributed by atoms with Crippen LogP contribution in [0.5, 0.6) is 0 Å². The first-order valence-corrected chi connectivity index (χ1v) is 5.60. The van der Waals surface area contributed by atoms with E-state index in [1.54, 1.807) is 4.52 Å². The minimum Gasteiger partial charge on any atom is -0.446 e. The van der Waals surface area contributed by atoms with Crippen LogP contribution in [-0.4, -0.2) is 14.6 Å². The third-order valence-corrected chi connectivity index (χ3v) is 2.71. The van der Waals surface area contributed by atoms with Crippen molar-refractivity contribution in [2.75, 3.05) is 0 Å². The zero-order valence-corrected chi connectivity index (χ0v) is 10.1. The average Bonchev–Trinajstić information content (AvgIpc) is 2.83. The molecule has 0 unspecified atom stereocenters. The molecule has 0 radical (unpaired) electrons. The molecular weight excluding hydrogens is 270 g/mol. The van der Waals surface area contributed by atoms with Gasteiger partial charge in [-0.05, 0) is 52.7 Å². The Kier molecular flexibility index (Phi) is 2.07. The topological polar surface area (TPSA) is 43.3 Å². The zero-order valence-electron chi connectivity index (χ0n) is 8.51. The van der Waals surface area contributed by atoms with E-state index in [4.69, 9.17) is 4.42 Å². The van der Waals surface area contributed by atoms with Crippen LogP contribution < -0.4 is 0 Å². The Morgan fingerprint density at radius 2 is 2.19 bits per heavy atom. The van der Waals surface area contributed by atoms with Gasteiger partial charge in [-0.15, -0.1) is 5.10 Å². The Morgan fingerprint density at radius 3 is 2.94 bits per heavy atom. The molecule has 5 heteroatoms. The van der Waals surface area contributed by atoms with E-state index in [2.05, 4.69) is 26.0 Å². The van der Waals surface area contributed by atoms with Crippen LogP contribution in [0.15, 0.2) is 39.5 Å². The van der Waals surface area contributed by atoms with Crippen LogP contribution in [-0.2, 0) is 0 Å². The van der Waals surface area contributed by atoms with Crippen LogP contribution in [0.25, 0.3) is 17.2 Å². The van der Waals surface area contributed by atoms with Crippen LogP contribution >= 0.6 is 15.9 Å². The first-order chi connectivity index (χ1) is 7.72. The quantitative estimate of drug-likeness (QED) is 0.687. The molecule has 80 valence electrons. The van der Waals surface area contributed by atoms with E-state index < -0.39 is 0 Å². The number of hydrogen-bond acceptors (Lipinski definition) is 3. The van der Waals surface area contributed by atoms with Crippen molar-refractivity contribution in [1.82, 2.24) is 14.6 Å². The highest BCUT2D eigenvalue weighted by atomic mass is 79.9. The summed E-state index contributed by atoms with van der Waals surface area (Å²) < 4.78 is 7.82. The second kappa shape index (κ2) is 3.45. The molecule has 0 N–H and O–H groups in total. The summed E-state index contributed by atoms with van der Waals surface area (Å²) in [5.41, 5.74) is 1.98. The second-order valence-electron chi connectivity index (χ2n) is 3.55. The number of rotatable bonds is 1. The monoisotopic (exact) mass is 277 g/mol. The highest BCUT2D eigenvalue weighted by molar-refractivity contribution is 9.10. The summed E-state index contributed by atoms with van der Waals surface area (Å²) in [5.74, 6) is 1.25. The molecule has 0 saturated carbocycles. The maximum Gasteiger partial charge on any atom is 0.217 e. The van der Waals surface area contributed by atoms with Gasteiger partial charge in [0.15, 0.2) is 16.1 Å². The molecule has 0 bridgehead atoms. The lowest BCUT2D eigenvalue weighted by molar-refractivity contribution is 0.551. The van der Waals surface area contributed by atoms with Crippen molar-refractivity contribution in [3.05, 3.63) is 40.7 Å². The van der Waals surface area contributed by atoms with Gasteiger partial charge in [0.25, 0.3) is 0 Å². The van der Waals surface area contributed by atoms with Gasteiger partial charge in [0.2, 0.25) is 5.82 Å². The molecule has 0 fully saturated rings. The Balaban J connectivity index is 2.18. The summed E-state index contributed by atoms with van der Waals surface area (Å²) in [6.45, 7) is 2.03. The molecule has 3 heterocycles. The van der Waals surface area contributed by atoms with Crippen molar-refractivity contribution < 1.29 is 4.42 Å². The maximum atomic E-state index is 5.41. The molecule has 0 spiro atoms. The standard InChI is InChI=1S/C11H8BrN3O/c1-7-4-5-15-10(6-7)13-11(14-15)8-2-3-9(12)16-8/h2-6H,1H3. The van der Waals surface area contributed by atoms with Gasteiger partial charge >= 0.3 is 0 Å². The Bertz CT molecular complexity index is 656. The number of aromatic nitrogens is 3. The Hall–Kier alpha value is -1.62. The lowest BCUT2D eigenvalue weighted by Gasteiger charge is -1.90. The second-order valence-corrected chi connectivity index (χ2v) is 4.33. The van der Waals surface area contributed by atoms with Crippen LogP contribution in [0.1, 0.15) is 5.56 Å². The molecule has 0 aliphatic rings. The number of pyridine rings is 1. The zero-order chi connectivity index (χ0) is 11.1. The van der Waals surface area contributed by atoms with Gasteiger partial charge in [0.1, 0.15) is 0 Å². The summed E-state index contributed by atoms with van der Waals surface area (Å²) in [5, 5.41) is 4.33. The third-order valence-electron chi connectivity index (χ3n) is 2.29. The number of aryl methyl sites for hydroxylation is 1. The van der Waals surface area contributed by atoms with Crippen LogP contribution in [0.4, 0.5) is 0 Å². The van der Waals surface area contributed by atoms with Gasteiger partial charge in [0.05, 0.1) is 0 Å². The van der Waals surface area contributed by atoms with Gasteiger partial charge < -0.3 is 4.42 Å². The molecule has 3 aromatic heterocycles. The summed E-state index contributed by atoms with van der Waals surface area (Å²) in [7, 11) is 0. The lowest BCUT2D eigenvalue weighted by Crippen LogP contribution is -1.86. The predicted octanol–water partition coefficient (Wildman–Crippen LogP) is 3.06. The summed E-state index contributed by atoms with van der Waals surface area (Å²) in [6.07, 6.45) is 1.89. The van der Waals surface area contributed by atoms with Gasteiger partial charge in [-0.1, -0.05) is 0 Å². The predicted molar refractivity (Wildman–Crippen MR) is 63.1 cm³/mol. The van der Waals surface area contributed by atoms with Gasteiger partial charge in [-0.2, -0.15) is 0 Å². The minimum atomic E-state index is 0.594. The molecule has 0 atom stereocenters. The average molecular weight is 278 g/mol. The Morgan fingerprint density at radius 1 is 1.31 bits per heavy atom. The van der Waals surface area contributed by atoms with E-state index in [0.717, 1.165) is 11.2 Å². The van der Waals surface area contributed by atoms with Crippen molar-refractivity contribution >= 4 is 21.6 Å². The third kappa shape index (κ3) is 1.53. The summed E-state index contributed by atoms with van der Waals surface area (Å²) >= 11 is 3.26. The first-order valence-electron chi connectivity index (χ1n) is 4.81. The molecule has 0 amide bonds. The van der Waals surface area contributed by atoms with Crippen molar-refractivity contribution in [2.24, 2.45) is 0 Å². The molecule has 4 nitrogen and oxygen atoms in total. The van der Waals surface area contributed by atoms with Gasteiger partial charge in [-0.3, -0.25) is 0 Å². The van der Waals surface area contributed by atoms with E-state index in [1.807, 2.05) is 37.4 Å². The molecule has 0 aliphatic heterocycles. The fourth-order valence-corrected chi connectivity index (χ4v) is 1.83. The van der Waals surface area contributed by atoms with Crippen LogP contribution in [0, 0.1) is 6.92 Å². The molecule has 3 rings (SSSR count). The molecule has 0 aliphatic carbocycles. The van der Waals surface area contributed by atoms with E-state index in [1.165, 1.54) is 0 Å². The number of hydrogen-bond donors (Lipinski definition) is 0. The highest BCUT2D eigenvalue weighted by Gasteiger charge is 2.09. The van der Waals surface area contributed by atoms with E-state index in [9.17, 15) is 0 Å². The Labute approximate surface area is 100 Å². The van der Waals surface area contributed by atoms with Crippen molar-refractivity contribution in [1.29, 1.82) is 0 Å². The summed E-state index contributed by atoms with van der Waals surface area (Å²) in [4.78, 5) is 4.39. The number of fused-ring (bicyclic) bond motifs is 1. The SMILES string of the molecule is Cc1ccn2nc(-c3ccc(Br)o3)nc2c1. The van der Waals surface area contributed by atoms with Crippen LogP contribution in [0.2, 0.25) is 0 Å². The van der Waals surface area contributed by atoms with E-state index in [0.29, 0.717) is 16.3 Å². The lowest BCUT2D eigenvalue weighted by atomic mass is 10.3. The fourth-order valence-electron chi connectivity index (χ4n) is 1.52. The fraction of sp³-hybridized carbons (Fsp3) is 0.0909. The van der Waals surface area contributed by atoms with Crippen LogP contribution in [0.3, 0.4) is 0 Å². The molecular formula is C11H8BrN3O. The van der Waals surface area contributed by atoms with Gasteiger partial charge in [-0.25, -0.2) is 9.50 Å². The van der Waals surface area contributed by atoms with E-state index in [-0.39, 0.29) is 0 Å². The number of nitrogens with zero attached hydrogens (tertiary/aromatic N) is 3. The largest absolute Gasteiger partial charge is 0.446 e. The molecule has 0 saturated heterocycles. The van der Waals surface area contributed by atoms with Crippen molar-refractivity contribution in [3.8, 4) is 11.6 Å². The maximum absolute atomic E-state index is 5.41. The smallest absolute Gasteiger partial charge is 0.217 e. The normalized spacial score (nSPS) is 11.1. The van der Waals surface area contributed by atoms with Gasteiger partial charge in [0, 0.05) is 6.20 Å². The molecule has 0 aromatic carbocycles. The minimum absolute atomic E-state index is 0.594. The van der Waals surface area contributed by atoms with Crippen molar-refractivity contribution in [3.63, 3.8) is 0 Å². The molecule has 16 heavy (non-hydrogen) atoms. The number of halogens is 1. The van der Waals surface area contributed by atoms with E-state index >= 15 is 0 Å². The number of furan rings is 1. The highest BCUT2D eigenvalue weighted by Crippen LogP contribution is 2.22. The summed E-state index contributed by atoms with van der Waals surface area (Å²) in [6, 6.07) is 7.63. The first kappa shape index (κ1) is 9.59. The van der Waals surface area contributed by atoms with Crippen molar-refractivity contribution in [2.45, 2.75) is 6.92 Å². The molecule has 3 aromatic rings.